The maximum Gasteiger partial charge on any atom is 0.251 e. The Kier molecular flexibility index (Phi) is 6.57. The monoisotopic (exact) mass is 402 g/mol. The highest BCUT2D eigenvalue weighted by molar-refractivity contribution is 5.94. The van der Waals surface area contributed by atoms with Gasteiger partial charge in [0.25, 0.3) is 5.91 Å². The van der Waals surface area contributed by atoms with E-state index in [0.29, 0.717) is 18.7 Å². The number of hydrogen-bond donors (Lipinski definition) is 2. The van der Waals surface area contributed by atoms with Gasteiger partial charge in [-0.3, -0.25) is 14.4 Å². The second-order valence-electron chi connectivity index (χ2n) is 8.44. The van der Waals surface area contributed by atoms with Crippen LogP contribution in [0.2, 0.25) is 0 Å². The summed E-state index contributed by atoms with van der Waals surface area (Å²) in [6.45, 7) is 5.25. The summed E-state index contributed by atoms with van der Waals surface area (Å²) in [4.78, 5) is 38.4. The largest absolute Gasteiger partial charge is 0.508 e. The molecule has 0 spiro atoms. The summed E-state index contributed by atoms with van der Waals surface area (Å²) in [5, 5.41) is 12.2. The van der Waals surface area contributed by atoms with Crippen LogP contribution in [0.4, 0.5) is 0 Å². The number of hydrogen-bond acceptors (Lipinski definition) is 5. The van der Waals surface area contributed by atoms with Gasteiger partial charge in [0.2, 0.25) is 5.91 Å². The number of ether oxygens (including phenoxy) is 1. The van der Waals surface area contributed by atoms with E-state index in [1.807, 2.05) is 6.92 Å². The van der Waals surface area contributed by atoms with Crippen molar-refractivity contribution in [1.82, 2.24) is 10.2 Å². The number of phenolic OH excluding ortho intramolecular Hbond substituents is 1. The topological polar surface area (TPSA) is 95.9 Å². The lowest BCUT2D eigenvalue weighted by atomic mass is 9.84. The number of ketones is 1. The minimum absolute atomic E-state index is 0.00563. The minimum atomic E-state index is -0.420. The fraction of sp³-hybridized carbons (Fsp3) is 0.591. The molecule has 1 saturated heterocycles. The van der Waals surface area contributed by atoms with E-state index in [9.17, 15) is 19.5 Å². The van der Waals surface area contributed by atoms with Crippen molar-refractivity contribution in [3.8, 4) is 5.75 Å². The normalized spacial score (nSPS) is 26.5. The first kappa shape index (κ1) is 21.3. The summed E-state index contributed by atoms with van der Waals surface area (Å²) in [6.07, 6.45) is 3.19. The number of carbonyl (C=O) groups is 3. The molecule has 2 aliphatic rings. The van der Waals surface area contributed by atoms with E-state index in [4.69, 9.17) is 4.74 Å². The number of rotatable bonds is 7. The zero-order chi connectivity index (χ0) is 21.0. The molecule has 0 bridgehead atoms. The Labute approximate surface area is 171 Å². The van der Waals surface area contributed by atoms with Gasteiger partial charge in [-0.15, -0.1) is 0 Å². The van der Waals surface area contributed by atoms with Crippen LogP contribution in [-0.4, -0.2) is 53.5 Å². The van der Waals surface area contributed by atoms with E-state index in [1.54, 1.807) is 17.0 Å². The second-order valence-corrected chi connectivity index (χ2v) is 8.44. The standard InChI is InChI=1S/C22H30N2O5/c1-3-24(19-12-18(26)14-29-19)21(28)16-8-9-22(2,13-16)10-11-23-20(27)15-4-6-17(25)7-5-15/h4-7,16,19,25H,3,8-14H2,1-2H3,(H,23,27)/t16-,19-,22+/m0/s1. The van der Waals surface area contributed by atoms with Gasteiger partial charge in [-0.2, -0.15) is 0 Å². The van der Waals surface area contributed by atoms with Crippen LogP contribution in [0.15, 0.2) is 24.3 Å². The Balaban J connectivity index is 1.49. The molecular weight excluding hydrogens is 372 g/mol. The smallest absolute Gasteiger partial charge is 0.251 e. The molecule has 1 heterocycles. The molecule has 7 nitrogen and oxygen atoms in total. The van der Waals surface area contributed by atoms with Crippen molar-refractivity contribution in [1.29, 1.82) is 0 Å². The lowest BCUT2D eigenvalue weighted by molar-refractivity contribution is -0.146. The SMILES string of the molecule is CCN(C(=O)[C@H]1CC[C@](C)(CCNC(=O)c2ccc(O)cc2)C1)[C@@H]1CC(=O)CO1. The van der Waals surface area contributed by atoms with Gasteiger partial charge in [0.05, 0.1) is 6.42 Å². The van der Waals surface area contributed by atoms with Gasteiger partial charge in [-0.25, -0.2) is 0 Å². The molecule has 1 aliphatic carbocycles. The molecule has 158 valence electrons. The molecule has 1 aromatic carbocycles. The van der Waals surface area contributed by atoms with Gasteiger partial charge in [0.15, 0.2) is 5.78 Å². The summed E-state index contributed by atoms with van der Waals surface area (Å²) in [6, 6.07) is 6.16. The maximum atomic E-state index is 13.0. The highest BCUT2D eigenvalue weighted by Gasteiger charge is 2.41. The van der Waals surface area contributed by atoms with Crippen LogP contribution in [-0.2, 0) is 14.3 Å². The van der Waals surface area contributed by atoms with Crippen LogP contribution in [0.3, 0.4) is 0 Å². The van der Waals surface area contributed by atoms with Crippen molar-refractivity contribution in [3.05, 3.63) is 29.8 Å². The molecule has 7 heteroatoms. The Morgan fingerprint density at radius 2 is 2.03 bits per heavy atom. The predicted molar refractivity (Wildman–Crippen MR) is 107 cm³/mol. The number of carbonyl (C=O) groups excluding carboxylic acids is 3. The molecule has 0 radical (unpaired) electrons. The van der Waals surface area contributed by atoms with Crippen molar-refractivity contribution in [2.45, 2.75) is 52.2 Å². The molecule has 1 aromatic rings. The van der Waals surface area contributed by atoms with E-state index in [0.717, 1.165) is 25.7 Å². The number of aromatic hydroxyl groups is 1. The Morgan fingerprint density at radius 1 is 1.31 bits per heavy atom. The van der Waals surface area contributed by atoms with E-state index < -0.39 is 6.23 Å². The number of benzene rings is 1. The van der Waals surface area contributed by atoms with Crippen molar-refractivity contribution in [2.24, 2.45) is 11.3 Å². The predicted octanol–water partition coefficient (Wildman–Crippen LogP) is 2.48. The molecule has 1 aliphatic heterocycles. The van der Waals surface area contributed by atoms with Gasteiger partial charge in [0, 0.05) is 24.6 Å². The summed E-state index contributed by atoms with van der Waals surface area (Å²) in [5.41, 5.74) is 0.506. The zero-order valence-electron chi connectivity index (χ0n) is 17.1. The van der Waals surface area contributed by atoms with Crippen molar-refractivity contribution in [2.75, 3.05) is 19.7 Å². The minimum Gasteiger partial charge on any atom is -0.508 e. The van der Waals surface area contributed by atoms with E-state index >= 15 is 0 Å². The van der Waals surface area contributed by atoms with Crippen molar-refractivity contribution in [3.63, 3.8) is 0 Å². The highest BCUT2D eigenvalue weighted by atomic mass is 16.5. The molecule has 0 aromatic heterocycles. The summed E-state index contributed by atoms with van der Waals surface area (Å²) >= 11 is 0. The number of nitrogens with zero attached hydrogens (tertiary/aromatic N) is 1. The zero-order valence-corrected chi connectivity index (χ0v) is 17.1. The summed E-state index contributed by atoms with van der Waals surface area (Å²) in [7, 11) is 0. The van der Waals surface area contributed by atoms with E-state index in [-0.39, 0.29) is 47.7 Å². The van der Waals surface area contributed by atoms with Gasteiger partial charge in [0.1, 0.15) is 18.6 Å². The number of amides is 2. The summed E-state index contributed by atoms with van der Waals surface area (Å²) in [5.74, 6) is 0.0154. The quantitative estimate of drug-likeness (QED) is 0.730. The third-order valence-electron chi connectivity index (χ3n) is 6.14. The van der Waals surface area contributed by atoms with E-state index in [1.165, 1.54) is 12.1 Å². The van der Waals surface area contributed by atoms with Crippen LogP contribution in [0.1, 0.15) is 56.3 Å². The average molecular weight is 402 g/mol. The first-order valence-electron chi connectivity index (χ1n) is 10.3. The average Bonchev–Trinajstić information content (AvgIpc) is 3.29. The van der Waals surface area contributed by atoms with Gasteiger partial charge >= 0.3 is 0 Å². The summed E-state index contributed by atoms with van der Waals surface area (Å²) < 4.78 is 5.48. The van der Waals surface area contributed by atoms with Crippen LogP contribution >= 0.6 is 0 Å². The number of nitrogens with one attached hydrogen (secondary N) is 1. The van der Waals surface area contributed by atoms with Gasteiger partial charge < -0.3 is 20.1 Å². The second kappa shape index (κ2) is 8.95. The Morgan fingerprint density at radius 3 is 2.66 bits per heavy atom. The third-order valence-corrected chi connectivity index (χ3v) is 6.14. The molecule has 3 rings (SSSR count). The molecule has 3 atom stereocenters. The molecule has 2 fully saturated rings. The Hall–Kier alpha value is -2.41. The fourth-order valence-corrected chi connectivity index (χ4v) is 4.39. The molecule has 0 unspecified atom stereocenters. The Bertz CT molecular complexity index is 763. The van der Waals surface area contributed by atoms with Crippen molar-refractivity contribution >= 4 is 17.6 Å². The maximum absolute atomic E-state index is 13.0. The molecule has 2 N–H and O–H groups in total. The van der Waals surface area contributed by atoms with Crippen LogP contribution < -0.4 is 5.32 Å². The van der Waals surface area contributed by atoms with Gasteiger partial charge in [-0.1, -0.05) is 6.92 Å². The molecule has 29 heavy (non-hydrogen) atoms. The number of Topliss-reactive ketones (excluding diaryl/α,β-unsaturated/α-hetero) is 1. The van der Waals surface area contributed by atoms with Gasteiger partial charge in [-0.05, 0) is 62.3 Å². The first-order valence-corrected chi connectivity index (χ1v) is 10.3. The third kappa shape index (κ3) is 5.15. The lowest BCUT2D eigenvalue weighted by Crippen LogP contribution is -2.43. The fourth-order valence-electron chi connectivity index (χ4n) is 4.39. The highest BCUT2D eigenvalue weighted by Crippen LogP contribution is 2.44. The molecular formula is C22H30N2O5. The first-order chi connectivity index (χ1) is 13.8. The molecule has 2 amide bonds. The van der Waals surface area contributed by atoms with E-state index in [2.05, 4.69) is 12.2 Å². The van der Waals surface area contributed by atoms with Crippen LogP contribution in [0.5, 0.6) is 5.75 Å². The lowest BCUT2D eigenvalue weighted by Gasteiger charge is -2.30. The van der Waals surface area contributed by atoms with Crippen LogP contribution in [0.25, 0.3) is 0 Å². The van der Waals surface area contributed by atoms with Crippen molar-refractivity contribution < 1.29 is 24.2 Å². The molecule has 1 saturated carbocycles. The van der Waals surface area contributed by atoms with Crippen LogP contribution in [0, 0.1) is 11.3 Å². The number of phenols is 1.